The van der Waals surface area contributed by atoms with Crippen molar-refractivity contribution < 1.29 is 19.1 Å². The summed E-state index contributed by atoms with van der Waals surface area (Å²) in [6, 6.07) is 0. The van der Waals surface area contributed by atoms with Gasteiger partial charge in [-0.15, -0.1) is 88.4 Å². The van der Waals surface area contributed by atoms with Crippen LogP contribution in [0.4, 0.5) is 0 Å². The SMILES string of the molecule is COC(=O)C1=C(S)C(C)(S)C(C)(c2c(S)c(S)c(C(=O)OC)c(S)c2S)C(S)=C1S. The lowest BCUT2D eigenvalue weighted by Gasteiger charge is -2.49. The van der Waals surface area contributed by atoms with Gasteiger partial charge in [-0.25, -0.2) is 9.59 Å². The Balaban J connectivity index is 3.00. The Hall–Kier alpha value is 0.440. The predicted octanol–water partition coefficient (Wildman–Crippen LogP) is 5.02. The van der Waals surface area contributed by atoms with Crippen LogP contribution in [0, 0.1) is 0 Å². The van der Waals surface area contributed by atoms with E-state index in [-0.39, 0.29) is 25.8 Å². The van der Waals surface area contributed by atoms with E-state index in [0.29, 0.717) is 25.2 Å². The van der Waals surface area contributed by atoms with E-state index in [1.54, 1.807) is 6.92 Å². The number of esters is 2. The molecular formula is C18H20O4S8. The second-order valence-electron chi connectivity index (χ2n) is 6.75. The van der Waals surface area contributed by atoms with Crippen molar-refractivity contribution in [1.82, 2.24) is 0 Å². The second-order valence-corrected chi connectivity index (χ2v) is 10.8. The van der Waals surface area contributed by atoms with Crippen LogP contribution in [-0.2, 0) is 19.7 Å². The molecule has 1 aromatic rings. The van der Waals surface area contributed by atoms with Gasteiger partial charge >= 0.3 is 11.9 Å². The van der Waals surface area contributed by atoms with Gasteiger partial charge in [0.1, 0.15) is 0 Å². The molecule has 2 rings (SSSR count). The first-order chi connectivity index (χ1) is 13.7. The Kier molecular flexibility index (Phi) is 8.33. The van der Waals surface area contributed by atoms with Crippen molar-refractivity contribution in [2.75, 3.05) is 14.2 Å². The summed E-state index contributed by atoms with van der Waals surface area (Å²) in [5.41, 5.74) is -0.200. The molecule has 12 heteroatoms. The Bertz CT molecular complexity index is 998. The first kappa shape index (κ1) is 26.7. The zero-order valence-corrected chi connectivity index (χ0v) is 23.4. The van der Waals surface area contributed by atoms with Gasteiger partial charge in [-0.3, -0.25) is 0 Å². The van der Waals surface area contributed by atoms with Gasteiger partial charge in [0.15, 0.2) is 0 Å². The molecule has 0 spiro atoms. The van der Waals surface area contributed by atoms with Crippen molar-refractivity contribution in [1.29, 1.82) is 0 Å². The average molecular weight is 557 g/mol. The highest BCUT2D eigenvalue weighted by atomic mass is 32.1. The summed E-state index contributed by atoms with van der Waals surface area (Å²) in [6.07, 6.45) is 0. The Morgan fingerprint density at radius 3 is 1.57 bits per heavy atom. The van der Waals surface area contributed by atoms with Gasteiger partial charge in [0.2, 0.25) is 0 Å². The Morgan fingerprint density at radius 2 is 1.17 bits per heavy atom. The number of benzene rings is 1. The number of rotatable bonds is 3. The van der Waals surface area contributed by atoms with Crippen LogP contribution in [0.5, 0.6) is 0 Å². The van der Waals surface area contributed by atoms with Gasteiger partial charge in [0.25, 0.3) is 0 Å². The van der Waals surface area contributed by atoms with Crippen molar-refractivity contribution in [3.8, 4) is 0 Å². The van der Waals surface area contributed by atoms with E-state index in [9.17, 15) is 9.59 Å². The molecule has 0 fully saturated rings. The van der Waals surface area contributed by atoms with E-state index in [0.717, 1.165) is 0 Å². The first-order valence-electron chi connectivity index (χ1n) is 8.17. The van der Waals surface area contributed by atoms with Crippen LogP contribution in [0.25, 0.3) is 0 Å². The van der Waals surface area contributed by atoms with Gasteiger partial charge < -0.3 is 9.47 Å². The molecule has 0 radical (unpaired) electrons. The summed E-state index contributed by atoms with van der Waals surface area (Å²) in [5.74, 6) is -1.23. The van der Waals surface area contributed by atoms with Gasteiger partial charge in [0.05, 0.1) is 30.1 Å². The Morgan fingerprint density at radius 1 is 0.733 bits per heavy atom. The van der Waals surface area contributed by atoms with E-state index >= 15 is 0 Å². The van der Waals surface area contributed by atoms with Crippen LogP contribution in [0.1, 0.15) is 29.8 Å². The van der Waals surface area contributed by atoms with E-state index in [2.05, 4.69) is 75.8 Å². The van der Waals surface area contributed by atoms with Gasteiger partial charge in [-0.2, -0.15) is 12.6 Å². The molecule has 0 saturated carbocycles. The number of hydrogen-bond acceptors (Lipinski definition) is 12. The molecule has 0 heterocycles. The topological polar surface area (TPSA) is 52.6 Å². The summed E-state index contributed by atoms with van der Waals surface area (Å²) < 4.78 is 8.65. The number of methoxy groups -OCH3 is 2. The predicted molar refractivity (Wildman–Crippen MR) is 145 cm³/mol. The second kappa shape index (κ2) is 9.36. The quantitative estimate of drug-likeness (QED) is 0.199. The standard InChI is InChI=1S/C18H20O4S8/c1-17(7-11(26)8(23)5(15(19)21-3)9(24)12(7)27)14(29)10(25)6(16(20)22-4)13(28)18(17,2)30/h23-30H,1-4H3. The van der Waals surface area contributed by atoms with Gasteiger partial charge in [-0.1, -0.05) is 0 Å². The molecule has 2 atom stereocenters. The lowest BCUT2D eigenvalue weighted by Crippen LogP contribution is -2.48. The molecule has 164 valence electrons. The van der Waals surface area contributed by atoms with Crippen LogP contribution in [0.2, 0.25) is 0 Å². The summed E-state index contributed by atoms with van der Waals surface area (Å²) in [7, 11) is 2.53. The maximum atomic E-state index is 12.4. The summed E-state index contributed by atoms with van der Waals surface area (Å²) in [6.45, 7) is 3.62. The molecule has 0 N–H and O–H groups in total. The number of thiol groups is 8. The van der Waals surface area contributed by atoms with Crippen molar-refractivity contribution in [2.45, 2.75) is 43.6 Å². The summed E-state index contributed by atoms with van der Waals surface area (Å²) in [4.78, 5) is 26.9. The zero-order valence-electron chi connectivity index (χ0n) is 16.2. The van der Waals surface area contributed by atoms with Crippen molar-refractivity contribution in [3.63, 3.8) is 0 Å². The highest BCUT2D eigenvalue weighted by Crippen LogP contribution is 2.60. The van der Waals surface area contributed by atoms with Crippen LogP contribution < -0.4 is 0 Å². The number of allylic oxidation sites excluding steroid dienone is 1. The normalized spacial score (nSPS) is 24.3. The molecular weight excluding hydrogens is 537 g/mol. The van der Waals surface area contributed by atoms with Gasteiger partial charge in [-0.05, 0) is 19.4 Å². The van der Waals surface area contributed by atoms with E-state index in [1.807, 2.05) is 6.92 Å². The molecule has 0 aromatic heterocycles. The molecule has 0 saturated heterocycles. The highest BCUT2D eigenvalue weighted by molar-refractivity contribution is 7.90. The zero-order chi connectivity index (χ0) is 23.3. The van der Waals surface area contributed by atoms with Crippen molar-refractivity contribution in [3.05, 3.63) is 31.4 Å². The average Bonchev–Trinajstić information content (AvgIpc) is 2.70. The van der Waals surface area contributed by atoms with Crippen LogP contribution in [0.3, 0.4) is 0 Å². The highest BCUT2D eigenvalue weighted by Gasteiger charge is 2.54. The lowest BCUT2D eigenvalue weighted by atomic mass is 9.67. The van der Waals surface area contributed by atoms with Crippen molar-refractivity contribution in [2.24, 2.45) is 0 Å². The van der Waals surface area contributed by atoms with Crippen LogP contribution in [0.15, 0.2) is 39.9 Å². The third kappa shape index (κ3) is 3.76. The molecule has 1 aliphatic rings. The fourth-order valence-corrected chi connectivity index (χ4v) is 6.82. The third-order valence-electron chi connectivity index (χ3n) is 5.28. The third-order valence-corrected chi connectivity index (χ3v) is 10.2. The fraction of sp³-hybridized carbons (Fsp3) is 0.333. The molecule has 4 nitrogen and oxygen atoms in total. The molecule has 0 amide bonds. The maximum absolute atomic E-state index is 12.4. The van der Waals surface area contributed by atoms with E-state index in [1.165, 1.54) is 14.2 Å². The first-order valence-corrected chi connectivity index (χ1v) is 11.7. The molecule has 1 aliphatic carbocycles. The Labute approximate surface area is 219 Å². The van der Waals surface area contributed by atoms with E-state index in [4.69, 9.17) is 34.7 Å². The minimum atomic E-state index is -1.08. The maximum Gasteiger partial charge on any atom is 0.340 e. The molecule has 2 unspecified atom stereocenters. The molecule has 0 bridgehead atoms. The molecule has 30 heavy (non-hydrogen) atoms. The minimum absolute atomic E-state index is 0.135. The number of carbonyl (C=O) groups is 2. The van der Waals surface area contributed by atoms with Crippen LogP contribution in [-0.4, -0.2) is 30.9 Å². The van der Waals surface area contributed by atoms with E-state index < -0.39 is 22.1 Å². The van der Waals surface area contributed by atoms with Gasteiger partial charge in [0, 0.05) is 39.7 Å². The largest absolute Gasteiger partial charge is 0.465 e. The molecule has 0 aliphatic heterocycles. The number of carbonyl (C=O) groups excluding carboxylic acids is 2. The smallest absolute Gasteiger partial charge is 0.340 e. The number of ether oxygens (including phenoxy) is 2. The van der Waals surface area contributed by atoms with Crippen LogP contribution >= 0.6 is 101 Å². The monoisotopic (exact) mass is 556 g/mol. The lowest BCUT2D eigenvalue weighted by molar-refractivity contribution is -0.135. The number of hydrogen-bond donors (Lipinski definition) is 8. The summed E-state index contributed by atoms with van der Waals surface area (Å²) >= 11 is 37.0. The minimum Gasteiger partial charge on any atom is -0.465 e. The summed E-state index contributed by atoms with van der Waals surface area (Å²) in [5, 5.41) is 0. The molecule has 1 aromatic carbocycles. The fourth-order valence-electron chi connectivity index (χ4n) is 3.30. The van der Waals surface area contributed by atoms with Crippen molar-refractivity contribution >= 4 is 113 Å².